The molecular formula is C15H22Br2N2O4S. The van der Waals surface area contributed by atoms with Crippen molar-refractivity contribution < 1.29 is 17.9 Å². The molecule has 0 spiro atoms. The highest BCUT2D eigenvalue weighted by Gasteiger charge is 2.21. The number of ether oxygens (including phenoxy) is 1. The van der Waals surface area contributed by atoms with Crippen LogP contribution < -0.4 is 10.0 Å². The third-order valence-corrected chi connectivity index (χ3v) is 5.97. The zero-order valence-corrected chi connectivity index (χ0v) is 17.8. The lowest BCUT2D eigenvalue weighted by molar-refractivity contribution is 0.146. The molecule has 2 N–H and O–H groups in total. The molecular weight excluding hydrogens is 464 g/mol. The van der Waals surface area contributed by atoms with E-state index in [1.165, 1.54) is 6.07 Å². The molecule has 0 saturated carbocycles. The Morgan fingerprint density at radius 1 is 1.29 bits per heavy atom. The summed E-state index contributed by atoms with van der Waals surface area (Å²) < 4.78 is 33.5. The van der Waals surface area contributed by atoms with Crippen molar-refractivity contribution in [1.29, 1.82) is 0 Å². The van der Waals surface area contributed by atoms with Crippen LogP contribution in [0.15, 0.2) is 32.0 Å². The number of sulfonamides is 1. The molecule has 24 heavy (non-hydrogen) atoms. The number of halogens is 2. The van der Waals surface area contributed by atoms with Crippen LogP contribution in [-0.4, -0.2) is 33.7 Å². The Labute approximate surface area is 160 Å². The number of alkyl carbamates (subject to hydrolysis) is 1. The van der Waals surface area contributed by atoms with Crippen LogP contribution in [0.25, 0.3) is 0 Å². The molecule has 0 aliphatic heterocycles. The normalized spacial score (nSPS) is 12.9. The number of rotatable bonds is 8. The molecule has 0 heterocycles. The molecule has 1 rings (SSSR count). The minimum Gasteiger partial charge on any atom is -0.450 e. The van der Waals surface area contributed by atoms with Crippen LogP contribution in [0.3, 0.4) is 0 Å². The smallest absolute Gasteiger partial charge is 0.407 e. The van der Waals surface area contributed by atoms with Gasteiger partial charge in [-0.2, -0.15) is 0 Å². The summed E-state index contributed by atoms with van der Waals surface area (Å²) >= 11 is 6.51. The van der Waals surface area contributed by atoms with Gasteiger partial charge in [-0.05, 0) is 53.4 Å². The van der Waals surface area contributed by atoms with Gasteiger partial charge in [-0.15, -0.1) is 0 Å². The van der Waals surface area contributed by atoms with Crippen LogP contribution in [0.4, 0.5) is 4.79 Å². The summed E-state index contributed by atoms with van der Waals surface area (Å²) in [6.07, 6.45) is 0.0760. The first-order chi connectivity index (χ1) is 11.2. The van der Waals surface area contributed by atoms with Gasteiger partial charge < -0.3 is 10.1 Å². The number of hydrogen-bond acceptors (Lipinski definition) is 4. The van der Waals surface area contributed by atoms with Crippen molar-refractivity contribution in [3.8, 4) is 0 Å². The number of carbonyl (C=O) groups is 1. The van der Waals surface area contributed by atoms with Gasteiger partial charge in [0.15, 0.2) is 0 Å². The molecule has 1 aromatic rings. The molecule has 1 unspecified atom stereocenters. The second-order valence-electron chi connectivity index (χ2n) is 5.62. The number of nitrogens with one attached hydrogen (secondary N) is 2. The van der Waals surface area contributed by atoms with Crippen molar-refractivity contribution in [3.05, 3.63) is 27.1 Å². The third-order valence-electron chi connectivity index (χ3n) is 3.06. The van der Waals surface area contributed by atoms with Crippen molar-refractivity contribution >= 4 is 48.0 Å². The molecule has 0 fully saturated rings. The number of benzene rings is 1. The van der Waals surface area contributed by atoms with Gasteiger partial charge in [0.25, 0.3) is 0 Å². The van der Waals surface area contributed by atoms with E-state index in [9.17, 15) is 13.2 Å². The Hall–Kier alpha value is -0.640. The van der Waals surface area contributed by atoms with Crippen LogP contribution in [0, 0.1) is 5.92 Å². The maximum absolute atomic E-state index is 12.5. The molecule has 0 aliphatic carbocycles. The SMILES string of the molecule is CCOC(=O)NC(CNS(=O)(=O)c1cc(Br)ccc1Br)CC(C)C. The highest BCUT2D eigenvalue weighted by molar-refractivity contribution is 9.11. The average molecular weight is 486 g/mol. The minimum atomic E-state index is -3.71. The van der Waals surface area contributed by atoms with Crippen molar-refractivity contribution in [2.45, 2.75) is 38.1 Å². The van der Waals surface area contributed by atoms with Gasteiger partial charge >= 0.3 is 6.09 Å². The van der Waals surface area contributed by atoms with Gasteiger partial charge in [0, 0.05) is 21.5 Å². The molecule has 136 valence electrons. The fourth-order valence-electron chi connectivity index (χ4n) is 2.07. The highest BCUT2D eigenvalue weighted by atomic mass is 79.9. The van der Waals surface area contributed by atoms with Gasteiger partial charge in [0.05, 0.1) is 11.5 Å². The van der Waals surface area contributed by atoms with Gasteiger partial charge in [0.2, 0.25) is 10.0 Å². The topological polar surface area (TPSA) is 84.5 Å². The lowest BCUT2D eigenvalue weighted by Gasteiger charge is -2.21. The molecule has 0 radical (unpaired) electrons. The molecule has 0 aliphatic rings. The van der Waals surface area contributed by atoms with E-state index < -0.39 is 16.1 Å². The van der Waals surface area contributed by atoms with E-state index in [1.807, 2.05) is 13.8 Å². The summed E-state index contributed by atoms with van der Waals surface area (Å²) in [5.74, 6) is 0.291. The Bertz CT molecular complexity index is 665. The second-order valence-corrected chi connectivity index (χ2v) is 9.12. The van der Waals surface area contributed by atoms with Gasteiger partial charge in [0.1, 0.15) is 0 Å². The molecule has 9 heteroatoms. The lowest BCUT2D eigenvalue weighted by Crippen LogP contribution is -2.44. The quantitative estimate of drug-likeness (QED) is 0.588. The van der Waals surface area contributed by atoms with E-state index in [0.717, 1.165) is 0 Å². The van der Waals surface area contributed by atoms with Crippen LogP contribution in [0.2, 0.25) is 0 Å². The van der Waals surface area contributed by atoms with E-state index in [0.29, 0.717) is 21.3 Å². The Morgan fingerprint density at radius 2 is 1.96 bits per heavy atom. The summed E-state index contributed by atoms with van der Waals surface area (Å²) in [6, 6.07) is 4.56. The van der Waals surface area contributed by atoms with Crippen molar-refractivity contribution in [2.24, 2.45) is 5.92 Å². The van der Waals surface area contributed by atoms with Crippen molar-refractivity contribution in [2.75, 3.05) is 13.2 Å². The Morgan fingerprint density at radius 3 is 2.54 bits per heavy atom. The minimum absolute atomic E-state index is 0.0816. The van der Waals surface area contributed by atoms with E-state index in [-0.39, 0.29) is 24.1 Å². The largest absolute Gasteiger partial charge is 0.450 e. The Kier molecular flexibility index (Phi) is 8.69. The summed E-state index contributed by atoms with van der Waals surface area (Å²) in [5, 5.41) is 2.69. The monoisotopic (exact) mass is 484 g/mol. The van der Waals surface area contributed by atoms with Crippen LogP contribution in [0.5, 0.6) is 0 Å². The first-order valence-corrected chi connectivity index (χ1v) is 10.6. The van der Waals surface area contributed by atoms with Crippen LogP contribution >= 0.6 is 31.9 Å². The number of carbonyl (C=O) groups excluding carboxylic acids is 1. The summed E-state index contributed by atoms with van der Waals surface area (Å²) in [5.41, 5.74) is 0. The lowest BCUT2D eigenvalue weighted by atomic mass is 10.0. The number of hydrogen-bond donors (Lipinski definition) is 2. The predicted molar refractivity (Wildman–Crippen MR) is 100 cm³/mol. The first-order valence-electron chi connectivity index (χ1n) is 7.53. The zero-order chi connectivity index (χ0) is 18.3. The fraction of sp³-hybridized carbons (Fsp3) is 0.533. The predicted octanol–water partition coefficient (Wildman–Crippen LogP) is 3.65. The highest BCUT2D eigenvalue weighted by Crippen LogP contribution is 2.25. The molecule has 1 aromatic carbocycles. The van der Waals surface area contributed by atoms with Crippen molar-refractivity contribution in [3.63, 3.8) is 0 Å². The second kappa shape index (κ2) is 9.74. The van der Waals surface area contributed by atoms with Gasteiger partial charge in [-0.1, -0.05) is 29.8 Å². The summed E-state index contributed by atoms with van der Waals surface area (Å²) in [7, 11) is -3.71. The fourth-order valence-corrected chi connectivity index (χ4v) is 4.65. The van der Waals surface area contributed by atoms with Gasteiger partial charge in [-0.25, -0.2) is 17.9 Å². The molecule has 1 atom stereocenters. The van der Waals surface area contributed by atoms with Crippen LogP contribution in [0.1, 0.15) is 27.2 Å². The Balaban J connectivity index is 2.83. The maximum Gasteiger partial charge on any atom is 0.407 e. The molecule has 0 saturated heterocycles. The van der Waals surface area contributed by atoms with E-state index in [1.54, 1.807) is 19.1 Å². The summed E-state index contributed by atoms with van der Waals surface area (Å²) in [4.78, 5) is 11.7. The van der Waals surface area contributed by atoms with E-state index in [2.05, 4.69) is 41.9 Å². The maximum atomic E-state index is 12.5. The molecule has 0 aromatic heterocycles. The summed E-state index contributed by atoms with van der Waals surface area (Å²) in [6.45, 7) is 6.05. The van der Waals surface area contributed by atoms with Crippen LogP contribution in [-0.2, 0) is 14.8 Å². The third kappa shape index (κ3) is 7.08. The average Bonchev–Trinajstić information content (AvgIpc) is 2.47. The van der Waals surface area contributed by atoms with Gasteiger partial charge in [-0.3, -0.25) is 0 Å². The van der Waals surface area contributed by atoms with E-state index >= 15 is 0 Å². The first kappa shape index (κ1) is 21.4. The van der Waals surface area contributed by atoms with Crippen molar-refractivity contribution in [1.82, 2.24) is 10.0 Å². The molecule has 0 bridgehead atoms. The zero-order valence-electron chi connectivity index (χ0n) is 13.8. The standard InChI is InChI=1S/C15H22Br2N2O4S/c1-4-23-15(20)19-12(7-10(2)3)9-18-24(21,22)14-8-11(16)5-6-13(14)17/h5-6,8,10,12,18H,4,7,9H2,1-3H3,(H,19,20). The number of amides is 1. The van der Waals surface area contributed by atoms with E-state index in [4.69, 9.17) is 4.74 Å². The molecule has 1 amide bonds. The molecule has 6 nitrogen and oxygen atoms in total.